The van der Waals surface area contributed by atoms with E-state index in [0.717, 1.165) is 6.41 Å². The largest absolute Gasteiger partial charge is 0.347 e. The van der Waals surface area contributed by atoms with Gasteiger partial charge in [-0.15, -0.1) is 0 Å². The summed E-state index contributed by atoms with van der Waals surface area (Å²) in [6.45, 7) is 7.61. The predicted molar refractivity (Wildman–Crippen MR) is 66.7 cm³/mol. The fourth-order valence-corrected chi connectivity index (χ4v) is 1.61. The maximum Gasteiger partial charge on any atom is 0.242 e. The van der Waals surface area contributed by atoms with E-state index in [-0.39, 0.29) is 18.4 Å². The van der Waals surface area contributed by atoms with Gasteiger partial charge in [0.1, 0.15) is 0 Å². The highest BCUT2D eigenvalue weighted by atomic mass is 16.2. The van der Waals surface area contributed by atoms with Gasteiger partial charge in [0.2, 0.25) is 18.2 Å². The van der Waals surface area contributed by atoms with Gasteiger partial charge in [-0.1, -0.05) is 20.8 Å². The van der Waals surface area contributed by atoms with Crippen molar-refractivity contribution < 1.29 is 14.4 Å². The van der Waals surface area contributed by atoms with Crippen molar-refractivity contribution in [2.75, 3.05) is 32.7 Å². The van der Waals surface area contributed by atoms with Crippen LogP contribution in [0.25, 0.3) is 0 Å². The second-order valence-electron chi connectivity index (χ2n) is 5.45. The number of hydrogen-bond donors (Lipinski definition) is 1. The smallest absolute Gasteiger partial charge is 0.242 e. The van der Waals surface area contributed by atoms with Gasteiger partial charge in [-0.3, -0.25) is 14.4 Å². The van der Waals surface area contributed by atoms with E-state index in [9.17, 15) is 14.4 Å². The molecule has 0 aromatic rings. The molecule has 3 amide bonds. The third-order valence-electron chi connectivity index (χ3n) is 2.90. The van der Waals surface area contributed by atoms with Gasteiger partial charge in [-0.05, 0) is 0 Å². The molecule has 1 saturated heterocycles. The van der Waals surface area contributed by atoms with Gasteiger partial charge in [0, 0.05) is 31.6 Å². The van der Waals surface area contributed by atoms with Crippen molar-refractivity contribution in [1.29, 1.82) is 0 Å². The first-order valence-electron chi connectivity index (χ1n) is 6.10. The Morgan fingerprint density at radius 3 is 2.17 bits per heavy atom. The molecule has 0 unspecified atom stereocenters. The van der Waals surface area contributed by atoms with Gasteiger partial charge in [-0.25, -0.2) is 0 Å². The number of rotatable bonds is 3. The summed E-state index contributed by atoms with van der Waals surface area (Å²) in [7, 11) is 0. The first kappa shape index (κ1) is 14.5. The van der Waals surface area contributed by atoms with E-state index >= 15 is 0 Å². The summed E-state index contributed by atoms with van der Waals surface area (Å²) in [5.74, 6) is -0.236. The summed E-state index contributed by atoms with van der Waals surface area (Å²) in [5, 5.41) is 2.63. The number of nitrogens with one attached hydrogen (secondary N) is 1. The minimum atomic E-state index is -0.490. The van der Waals surface area contributed by atoms with Crippen molar-refractivity contribution in [3.8, 4) is 0 Å². The second-order valence-corrected chi connectivity index (χ2v) is 5.45. The zero-order valence-electron chi connectivity index (χ0n) is 11.2. The molecule has 1 rings (SSSR count). The summed E-state index contributed by atoms with van der Waals surface area (Å²) in [5.41, 5.74) is -0.490. The van der Waals surface area contributed by atoms with E-state index in [1.54, 1.807) is 30.6 Å². The van der Waals surface area contributed by atoms with Crippen LogP contribution in [0, 0.1) is 5.41 Å². The molecule has 1 fully saturated rings. The maximum atomic E-state index is 11.8. The average molecular weight is 255 g/mol. The molecular formula is C12H21N3O3. The molecule has 1 aliphatic rings. The lowest BCUT2D eigenvalue weighted by Crippen LogP contribution is -2.51. The number of nitrogens with zero attached hydrogens (tertiary/aromatic N) is 2. The number of amides is 3. The quantitative estimate of drug-likeness (QED) is 0.688. The number of hydrogen-bond acceptors (Lipinski definition) is 3. The Kier molecular flexibility index (Phi) is 4.69. The Hall–Kier alpha value is -1.59. The molecule has 1 N–H and O–H groups in total. The van der Waals surface area contributed by atoms with E-state index in [0.29, 0.717) is 26.2 Å². The molecule has 0 radical (unpaired) electrons. The molecule has 0 atom stereocenters. The molecule has 0 bridgehead atoms. The Labute approximate surface area is 107 Å². The lowest BCUT2D eigenvalue weighted by molar-refractivity contribution is -0.137. The predicted octanol–water partition coefficient (Wildman–Crippen LogP) is -0.551. The topological polar surface area (TPSA) is 69.7 Å². The van der Waals surface area contributed by atoms with Crippen LogP contribution in [-0.2, 0) is 14.4 Å². The SMILES string of the molecule is CC(C)(C)C(=O)NCC(=O)N1CCN(C=O)CC1. The molecule has 18 heavy (non-hydrogen) atoms. The van der Waals surface area contributed by atoms with Gasteiger partial charge in [0.05, 0.1) is 6.54 Å². The standard InChI is InChI=1S/C12H21N3O3/c1-12(2,3)11(18)13-8-10(17)15-6-4-14(9-16)5-7-15/h9H,4-8H2,1-3H3,(H,13,18). The van der Waals surface area contributed by atoms with Crippen LogP contribution in [0.2, 0.25) is 0 Å². The van der Waals surface area contributed by atoms with Crippen molar-refractivity contribution in [2.45, 2.75) is 20.8 Å². The average Bonchev–Trinajstić information content (AvgIpc) is 2.34. The van der Waals surface area contributed by atoms with Gasteiger partial charge in [0.15, 0.2) is 0 Å². The van der Waals surface area contributed by atoms with Crippen molar-refractivity contribution >= 4 is 18.2 Å². The van der Waals surface area contributed by atoms with Crippen LogP contribution in [0.5, 0.6) is 0 Å². The zero-order chi connectivity index (χ0) is 13.8. The Balaban J connectivity index is 2.34. The number of carbonyl (C=O) groups excluding carboxylic acids is 3. The van der Waals surface area contributed by atoms with E-state index in [1.165, 1.54) is 0 Å². The highest BCUT2D eigenvalue weighted by Crippen LogP contribution is 2.12. The minimum absolute atomic E-state index is 0.0250. The molecular weight excluding hydrogens is 234 g/mol. The highest BCUT2D eigenvalue weighted by molar-refractivity contribution is 5.87. The summed E-state index contributed by atoms with van der Waals surface area (Å²) < 4.78 is 0. The van der Waals surface area contributed by atoms with Crippen molar-refractivity contribution in [1.82, 2.24) is 15.1 Å². The number of carbonyl (C=O) groups is 3. The normalized spacial score (nSPS) is 16.4. The van der Waals surface area contributed by atoms with Crippen LogP contribution in [0.1, 0.15) is 20.8 Å². The molecule has 0 aliphatic carbocycles. The molecule has 1 aliphatic heterocycles. The van der Waals surface area contributed by atoms with Gasteiger partial charge >= 0.3 is 0 Å². The second kappa shape index (κ2) is 5.84. The fraction of sp³-hybridized carbons (Fsp3) is 0.750. The van der Waals surface area contributed by atoms with Crippen LogP contribution in [-0.4, -0.2) is 60.7 Å². The summed E-state index contributed by atoms with van der Waals surface area (Å²) in [4.78, 5) is 37.3. The van der Waals surface area contributed by atoms with Crippen molar-refractivity contribution in [3.63, 3.8) is 0 Å². The van der Waals surface area contributed by atoms with Crippen LogP contribution in [0.15, 0.2) is 0 Å². The first-order valence-corrected chi connectivity index (χ1v) is 6.10. The maximum absolute atomic E-state index is 11.8. The van der Waals surface area contributed by atoms with E-state index < -0.39 is 5.41 Å². The lowest BCUT2D eigenvalue weighted by Gasteiger charge is -2.32. The van der Waals surface area contributed by atoms with Crippen molar-refractivity contribution in [3.05, 3.63) is 0 Å². The fourth-order valence-electron chi connectivity index (χ4n) is 1.61. The molecule has 1 heterocycles. The Morgan fingerprint density at radius 1 is 1.17 bits per heavy atom. The van der Waals surface area contributed by atoms with Crippen LogP contribution in [0.3, 0.4) is 0 Å². The Bertz CT molecular complexity index is 328. The molecule has 102 valence electrons. The molecule has 6 heteroatoms. The highest BCUT2D eigenvalue weighted by Gasteiger charge is 2.24. The van der Waals surface area contributed by atoms with E-state index in [2.05, 4.69) is 5.32 Å². The van der Waals surface area contributed by atoms with Gasteiger partial charge in [0.25, 0.3) is 0 Å². The summed E-state index contributed by atoms with van der Waals surface area (Å²) >= 11 is 0. The van der Waals surface area contributed by atoms with Gasteiger partial charge in [-0.2, -0.15) is 0 Å². The summed E-state index contributed by atoms with van der Waals surface area (Å²) in [6, 6.07) is 0. The lowest BCUT2D eigenvalue weighted by atomic mass is 9.96. The molecule has 6 nitrogen and oxygen atoms in total. The molecule has 0 spiro atoms. The van der Waals surface area contributed by atoms with Crippen molar-refractivity contribution in [2.24, 2.45) is 5.41 Å². The monoisotopic (exact) mass is 255 g/mol. The van der Waals surface area contributed by atoms with Gasteiger partial charge < -0.3 is 15.1 Å². The van der Waals surface area contributed by atoms with E-state index in [1.807, 2.05) is 0 Å². The van der Waals surface area contributed by atoms with Crippen LogP contribution >= 0.6 is 0 Å². The first-order chi connectivity index (χ1) is 8.34. The van der Waals surface area contributed by atoms with Crippen LogP contribution < -0.4 is 5.32 Å². The molecule has 0 aromatic heterocycles. The molecule has 0 saturated carbocycles. The molecule has 0 aromatic carbocycles. The number of piperazine rings is 1. The zero-order valence-corrected chi connectivity index (χ0v) is 11.2. The van der Waals surface area contributed by atoms with E-state index in [4.69, 9.17) is 0 Å². The third kappa shape index (κ3) is 4.01. The van der Waals surface area contributed by atoms with Crippen LogP contribution in [0.4, 0.5) is 0 Å². The Morgan fingerprint density at radius 2 is 1.72 bits per heavy atom. The summed E-state index contributed by atoms with van der Waals surface area (Å²) in [6.07, 6.45) is 0.795. The third-order valence-corrected chi connectivity index (χ3v) is 2.90. The minimum Gasteiger partial charge on any atom is -0.347 e.